The molecule has 0 saturated carbocycles. The molecule has 0 unspecified atom stereocenters. The topological polar surface area (TPSA) is 85.3 Å². The highest BCUT2D eigenvalue weighted by atomic mass is 32.2. The zero-order chi connectivity index (χ0) is 18.1. The molecule has 0 aliphatic carbocycles. The van der Waals surface area contributed by atoms with Gasteiger partial charge in [0.25, 0.3) is 0 Å². The van der Waals surface area contributed by atoms with E-state index in [0.717, 1.165) is 17.9 Å². The molecule has 2 N–H and O–H groups in total. The molecule has 7 nitrogen and oxygen atoms in total. The van der Waals surface area contributed by atoms with E-state index in [4.69, 9.17) is 4.74 Å². The van der Waals surface area contributed by atoms with Crippen molar-refractivity contribution in [1.82, 2.24) is 20.2 Å². The van der Waals surface area contributed by atoms with Gasteiger partial charge in [0.15, 0.2) is 5.16 Å². The van der Waals surface area contributed by atoms with E-state index in [9.17, 15) is 9.59 Å². The smallest absolute Gasteiger partial charge is 0.239 e. The molecule has 134 valence electrons. The molecule has 0 spiro atoms. The fourth-order valence-corrected chi connectivity index (χ4v) is 2.83. The van der Waals surface area contributed by atoms with Gasteiger partial charge < -0.3 is 15.4 Å². The first-order chi connectivity index (χ1) is 12.1. The summed E-state index contributed by atoms with van der Waals surface area (Å²) >= 11 is 1.31. The van der Waals surface area contributed by atoms with Crippen molar-refractivity contribution in [2.24, 2.45) is 0 Å². The molecule has 0 bridgehead atoms. The predicted octanol–water partition coefficient (Wildman–Crippen LogP) is 1.62. The van der Waals surface area contributed by atoms with Crippen molar-refractivity contribution in [1.29, 1.82) is 0 Å². The van der Waals surface area contributed by atoms with Crippen molar-refractivity contribution < 1.29 is 14.3 Å². The van der Waals surface area contributed by atoms with Gasteiger partial charge in [0.05, 0.1) is 19.4 Å². The van der Waals surface area contributed by atoms with Crippen LogP contribution in [0.15, 0.2) is 41.8 Å². The SMILES string of the molecule is CCCNC(=O)CNC(=O)CSc1nccn1-c1ccc(OC)cc1. The lowest BCUT2D eigenvalue weighted by Gasteiger charge is -2.09. The van der Waals surface area contributed by atoms with Gasteiger partial charge in [-0.25, -0.2) is 4.98 Å². The molecule has 2 aromatic rings. The molecule has 0 fully saturated rings. The minimum absolute atomic E-state index is 0.00763. The number of thioether (sulfide) groups is 1. The number of amides is 2. The van der Waals surface area contributed by atoms with Gasteiger partial charge >= 0.3 is 0 Å². The Balaban J connectivity index is 1.86. The predicted molar refractivity (Wildman–Crippen MR) is 97.2 cm³/mol. The molecule has 1 aromatic heterocycles. The fraction of sp³-hybridized carbons (Fsp3) is 0.353. The minimum atomic E-state index is -0.207. The van der Waals surface area contributed by atoms with Crippen LogP contribution in [0.4, 0.5) is 0 Å². The van der Waals surface area contributed by atoms with Gasteiger partial charge in [0.2, 0.25) is 11.8 Å². The van der Waals surface area contributed by atoms with Crippen LogP contribution in [-0.2, 0) is 9.59 Å². The third kappa shape index (κ3) is 5.82. The summed E-state index contributed by atoms with van der Waals surface area (Å²) in [6.07, 6.45) is 4.38. The van der Waals surface area contributed by atoms with Crippen LogP contribution in [0, 0.1) is 0 Å². The number of methoxy groups -OCH3 is 1. The molecule has 25 heavy (non-hydrogen) atoms. The Morgan fingerprint density at radius 3 is 2.64 bits per heavy atom. The van der Waals surface area contributed by atoms with Crippen LogP contribution >= 0.6 is 11.8 Å². The Kier molecular flexibility index (Phi) is 7.34. The minimum Gasteiger partial charge on any atom is -0.497 e. The van der Waals surface area contributed by atoms with Gasteiger partial charge in [-0.05, 0) is 30.7 Å². The normalized spacial score (nSPS) is 10.3. The maximum atomic E-state index is 11.9. The Hall–Kier alpha value is -2.48. The number of hydrogen-bond acceptors (Lipinski definition) is 5. The summed E-state index contributed by atoms with van der Waals surface area (Å²) < 4.78 is 7.04. The van der Waals surface area contributed by atoms with Crippen molar-refractivity contribution in [3.63, 3.8) is 0 Å². The van der Waals surface area contributed by atoms with Gasteiger partial charge in [-0.3, -0.25) is 14.2 Å². The van der Waals surface area contributed by atoms with Crippen molar-refractivity contribution in [3.8, 4) is 11.4 Å². The zero-order valence-electron chi connectivity index (χ0n) is 14.3. The lowest BCUT2D eigenvalue weighted by molar-refractivity contribution is -0.124. The summed E-state index contributed by atoms with van der Waals surface area (Å²) in [4.78, 5) is 27.6. The van der Waals surface area contributed by atoms with Crippen LogP contribution in [0.3, 0.4) is 0 Å². The Bertz CT molecular complexity index is 700. The van der Waals surface area contributed by atoms with E-state index in [0.29, 0.717) is 11.7 Å². The maximum Gasteiger partial charge on any atom is 0.239 e. The van der Waals surface area contributed by atoms with Crippen LogP contribution in [-0.4, -0.2) is 47.3 Å². The van der Waals surface area contributed by atoms with Crippen molar-refractivity contribution >= 4 is 23.6 Å². The number of rotatable bonds is 9. The molecule has 1 heterocycles. The quantitative estimate of drug-likeness (QED) is 0.662. The molecular weight excluding hydrogens is 340 g/mol. The average molecular weight is 362 g/mol. The highest BCUT2D eigenvalue weighted by Gasteiger charge is 2.10. The highest BCUT2D eigenvalue weighted by Crippen LogP contribution is 2.22. The monoisotopic (exact) mass is 362 g/mol. The van der Waals surface area contributed by atoms with E-state index >= 15 is 0 Å². The molecule has 1 aromatic carbocycles. The van der Waals surface area contributed by atoms with Gasteiger partial charge in [-0.2, -0.15) is 0 Å². The molecule has 0 aliphatic heterocycles. The third-order valence-corrected chi connectivity index (χ3v) is 4.27. The van der Waals surface area contributed by atoms with Crippen LogP contribution in [0.1, 0.15) is 13.3 Å². The van der Waals surface area contributed by atoms with E-state index in [1.807, 2.05) is 42.0 Å². The summed E-state index contributed by atoms with van der Waals surface area (Å²) in [5, 5.41) is 6.02. The number of ether oxygens (including phenoxy) is 1. The van der Waals surface area contributed by atoms with Gasteiger partial charge in [0.1, 0.15) is 5.75 Å². The van der Waals surface area contributed by atoms with Crippen LogP contribution < -0.4 is 15.4 Å². The Morgan fingerprint density at radius 2 is 1.96 bits per heavy atom. The molecule has 0 saturated heterocycles. The number of hydrogen-bond donors (Lipinski definition) is 2. The second-order valence-electron chi connectivity index (χ2n) is 5.19. The van der Waals surface area contributed by atoms with E-state index < -0.39 is 0 Å². The summed E-state index contributed by atoms with van der Waals surface area (Å²) in [5.41, 5.74) is 0.931. The van der Waals surface area contributed by atoms with Crippen LogP contribution in [0.25, 0.3) is 5.69 Å². The number of imidazole rings is 1. The maximum absolute atomic E-state index is 11.9. The number of carbonyl (C=O) groups excluding carboxylic acids is 2. The number of nitrogens with zero attached hydrogens (tertiary/aromatic N) is 2. The van der Waals surface area contributed by atoms with Crippen LogP contribution in [0.2, 0.25) is 0 Å². The van der Waals surface area contributed by atoms with E-state index in [2.05, 4.69) is 15.6 Å². The van der Waals surface area contributed by atoms with Gasteiger partial charge in [-0.15, -0.1) is 0 Å². The number of carbonyl (C=O) groups is 2. The number of aromatic nitrogens is 2. The zero-order valence-corrected chi connectivity index (χ0v) is 15.1. The summed E-state index contributed by atoms with van der Waals surface area (Å²) in [6, 6.07) is 7.57. The van der Waals surface area contributed by atoms with E-state index in [1.165, 1.54) is 11.8 Å². The second-order valence-corrected chi connectivity index (χ2v) is 6.14. The molecule has 0 atom stereocenters. The largest absolute Gasteiger partial charge is 0.497 e. The molecule has 2 rings (SSSR count). The fourth-order valence-electron chi connectivity index (χ4n) is 2.02. The van der Waals surface area contributed by atoms with Crippen LogP contribution in [0.5, 0.6) is 5.75 Å². The summed E-state index contributed by atoms with van der Waals surface area (Å²) in [5.74, 6) is 0.577. The Labute approximate surface area is 151 Å². The lowest BCUT2D eigenvalue weighted by atomic mass is 10.3. The summed E-state index contributed by atoms with van der Waals surface area (Å²) in [7, 11) is 1.62. The first kappa shape index (κ1) is 18.9. The third-order valence-electron chi connectivity index (χ3n) is 3.31. The molecule has 0 aliphatic rings. The molecule has 2 amide bonds. The first-order valence-corrected chi connectivity index (χ1v) is 8.96. The first-order valence-electron chi connectivity index (χ1n) is 7.98. The van der Waals surface area contributed by atoms with Gasteiger partial charge in [-0.1, -0.05) is 18.7 Å². The van der Waals surface area contributed by atoms with E-state index in [-0.39, 0.29) is 24.1 Å². The average Bonchev–Trinajstić information content (AvgIpc) is 3.11. The van der Waals surface area contributed by atoms with Crippen molar-refractivity contribution in [2.45, 2.75) is 18.5 Å². The van der Waals surface area contributed by atoms with Crippen molar-refractivity contribution in [3.05, 3.63) is 36.7 Å². The van der Waals surface area contributed by atoms with Gasteiger partial charge in [0, 0.05) is 24.6 Å². The molecular formula is C17H22N4O3S. The number of nitrogens with one attached hydrogen (secondary N) is 2. The second kappa shape index (κ2) is 9.73. The molecule has 8 heteroatoms. The summed E-state index contributed by atoms with van der Waals surface area (Å²) in [6.45, 7) is 2.58. The highest BCUT2D eigenvalue weighted by molar-refractivity contribution is 7.99. The molecule has 0 radical (unpaired) electrons. The van der Waals surface area contributed by atoms with Crippen molar-refractivity contribution in [2.75, 3.05) is 26.0 Å². The standard InChI is InChI=1S/C17H22N4O3S/c1-3-8-18-15(22)11-20-16(23)12-25-17-19-9-10-21(17)13-4-6-14(24-2)7-5-13/h4-7,9-10H,3,8,11-12H2,1-2H3,(H,18,22)(H,20,23). The van der Waals surface area contributed by atoms with E-state index in [1.54, 1.807) is 13.3 Å². The Morgan fingerprint density at radius 1 is 1.20 bits per heavy atom. The lowest BCUT2D eigenvalue weighted by Crippen LogP contribution is -2.37. The number of benzene rings is 1.